The molecule has 0 atom stereocenters. The molecule has 0 fully saturated rings. The van der Waals surface area contributed by atoms with Crippen molar-refractivity contribution in [2.75, 3.05) is 0 Å². The van der Waals surface area contributed by atoms with E-state index in [0.29, 0.717) is 10.7 Å². The van der Waals surface area contributed by atoms with Gasteiger partial charge in [-0.1, -0.05) is 12.2 Å². The molecule has 0 saturated carbocycles. The van der Waals surface area contributed by atoms with Crippen LogP contribution in [-0.4, -0.2) is 19.8 Å². The fourth-order valence-corrected chi connectivity index (χ4v) is 1.35. The molecule has 0 unspecified atom stereocenters. The second-order valence-electron chi connectivity index (χ2n) is 2.94. The quantitative estimate of drug-likeness (QED) is 0.708. The lowest BCUT2D eigenvalue weighted by Gasteiger charge is -2.01. The Balaban J connectivity index is 2.44. The molecule has 0 radical (unpaired) electrons. The van der Waals surface area contributed by atoms with E-state index in [1.165, 1.54) is 10.9 Å². The maximum atomic E-state index is 11.2. The number of aromatic amines is 1. The molecule has 76 valence electrons. The predicted octanol–water partition coefficient (Wildman–Crippen LogP) is 0.195. The number of H-pyrrole nitrogens is 1. The molecular formula is C9H8N4OS. The fourth-order valence-electron chi connectivity index (χ4n) is 1.22. The summed E-state index contributed by atoms with van der Waals surface area (Å²) in [5.41, 5.74) is 6.66. The highest BCUT2D eigenvalue weighted by Gasteiger charge is 2.01. The molecule has 2 rings (SSSR count). The van der Waals surface area contributed by atoms with Gasteiger partial charge in [-0.05, 0) is 24.3 Å². The zero-order chi connectivity index (χ0) is 10.8. The SMILES string of the molecule is NC(=S)c1ccc(-n2cn[nH]c2=O)cc1. The zero-order valence-electron chi connectivity index (χ0n) is 7.68. The van der Waals surface area contributed by atoms with Gasteiger partial charge < -0.3 is 5.73 Å². The van der Waals surface area contributed by atoms with Gasteiger partial charge in [0.2, 0.25) is 0 Å². The summed E-state index contributed by atoms with van der Waals surface area (Å²) in [6, 6.07) is 7.03. The van der Waals surface area contributed by atoms with Gasteiger partial charge in [-0.3, -0.25) is 0 Å². The summed E-state index contributed by atoms with van der Waals surface area (Å²) in [4.78, 5) is 11.6. The normalized spacial score (nSPS) is 10.1. The van der Waals surface area contributed by atoms with Crippen LogP contribution < -0.4 is 11.4 Å². The standard InChI is InChI=1S/C9H8N4OS/c10-8(15)6-1-3-7(4-2-6)13-5-11-12-9(13)14/h1-5H,(H2,10,15)(H,12,14). The van der Waals surface area contributed by atoms with Crippen LogP contribution in [0.15, 0.2) is 35.4 Å². The lowest BCUT2D eigenvalue weighted by atomic mass is 10.2. The molecule has 6 heteroatoms. The van der Waals surface area contributed by atoms with Crippen molar-refractivity contribution in [3.63, 3.8) is 0 Å². The molecule has 5 nitrogen and oxygen atoms in total. The van der Waals surface area contributed by atoms with Crippen LogP contribution in [0.1, 0.15) is 5.56 Å². The number of rotatable bonds is 2. The highest BCUT2D eigenvalue weighted by Crippen LogP contribution is 2.06. The number of benzene rings is 1. The Bertz CT molecular complexity index is 540. The first-order valence-corrected chi connectivity index (χ1v) is 4.61. The highest BCUT2D eigenvalue weighted by molar-refractivity contribution is 7.80. The van der Waals surface area contributed by atoms with E-state index in [-0.39, 0.29) is 5.69 Å². The van der Waals surface area contributed by atoms with Gasteiger partial charge in [0.15, 0.2) is 0 Å². The first kappa shape index (κ1) is 9.60. The van der Waals surface area contributed by atoms with Gasteiger partial charge in [0.05, 0.1) is 5.69 Å². The molecule has 15 heavy (non-hydrogen) atoms. The maximum Gasteiger partial charge on any atom is 0.347 e. The van der Waals surface area contributed by atoms with Gasteiger partial charge in [0.25, 0.3) is 0 Å². The molecule has 0 aliphatic carbocycles. The molecule has 1 aromatic heterocycles. The van der Waals surface area contributed by atoms with Crippen LogP contribution >= 0.6 is 12.2 Å². The Morgan fingerprint density at radius 2 is 2.07 bits per heavy atom. The zero-order valence-corrected chi connectivity index (χ0v) is 8.49. The molecule has 3 N–H and O–H groups in total. The lowest BCUT2D eigenvalue weighted by molar-refractivity contribution is 0.982. The largest absolute Gasteiger partial charge is 0.389 e. The Morgan fingerprint density at radius 3 is 2.53 bits per heavy atom. The molecule has 0 aliphatic heterocycles. The minimum Gasteiger partial charge on any atom is -0.389 e. The summed E-state index contributed by atoms with van der Waals surface area (Å²) < 4.78 is 1.39. The summed E-state index contributed by atoms with van der Waals surface area (Å²) in [5, 5.41) is 5.94. The number of nitrogens with one attached hydrogen (secondary N) is 1. The molecule has 0 bridgehead atoms. The maximum absolute atomic E-state index is 11.2. The number of hydrogen-bond donors (Lipinski definition) is 2. The summed E-state index contributed by atoms with van der Waals surface area (Å²) in [6.07, 6.45) is 1.41. The average Bonchev–Trinajstić information content (AvgIpc) is 2.65. The number of nitrogens with two attached hydrogens (primary N) is 1. The second-order valence-corrected chi connectivity index (χ2v) is 3.38. The van der Waals surface area contributed by atoms with Crippen molar-refractivity contribution >= 4 is 17.2 Å². The Morgan fingerprint density at radius 1 is 1.40 bits per heavy atom. The van der Waals surface area contributed by atoms with E-state index in [4.69, 9.17) is 18.0 Å². The third-order valence-corrected chi connectivity index (χ3v) is 2.22. The van der Waals surface area contributed by atoms with E-state index < -0.39 is 0 Å². The summed E-state index contributed by atoms with van der Waals surface area (Å²) >= 11 is 4.82. The second kappa shape index (κ2) is 3.66. The summed E-state index contributed by atoms with van der Waals surface area (Å²) in [7, 11) is 0. The molecule has 1 heterocycles. The highest BCUT2D eigenvalue weighted by atomic mass is 32.1. The Hall–Kier alpha value is -1.95. The van der Waals surface area contributed by atoms with Crippen LogP contribution in [0, 0.1) is 0 Å². The third-order valence-electron chi connectivity index (χ3n) is 1.98. The third kappa shape index (κ3) is 1.79. The Kier molecular flexibility index (Phi) is 2.34. The van der Waals surface area contributed by atoms with E-state index in [2.05, 4.69) is 10.2 Å². The van der Waals surface area contributed by atoms with Crippen molar-refractivity contribution in [3.8, 4) is 5.69 Å². The fraction of sp³-hybridized carbons (Fsp3) is 0. The smallest absolute Gasteiger partial charge is 0.347 e. The van der Waals surface area contributed by atoms with Crippen LogP contribution in [0.4, 0.5) is 0 Å². The number of aromatic nitrogens is 3. The van der Waals surface area contributed by atoms with E-state index >= 15 is 0 Å². The van der Waals surface area contributed by atoms with Crippen molar-refractivity contribution in [2.45, 2.75) is 0 Å². The molecule has 0 aliphatic rings. The summed E-state index contributed by atoms with van der Waals surface area (Å²) in [5.74, 6) is 0. The molecule has 0 amide bonds. The number of thiocarbonyl (C=S) groups is 1. The van der Waals surface area contributed by atoms with Crippen molar-refractivity contribution in [1.29, 1.82) is 0 Å². The van der Waals surface area contributed by atoms with Crippen LogP contribution in [-0.2, 0) is 0 Å². The van der Waals surface area contributed by atoms with E-state index in [9.17, 15) is 4.79 Å². The topological polar surface area (TPSA) is 76.7 Å². The first-order chi connectivity index (χ1) is 7.18. The van der Waals surface area contributed by atoms with Gasteiger partial charge >= 0.3 is 5.69 Å². The Labute approximate surface area is 90.5 Å². The molecule has 1 aromatic carbocycles. The van der Waals surface area contributed by atoms with Crippen LogP contribution in [0.25, 0.3) is 5.69 Å². The van der Waals surface area contributed by atoms with Crippen LogP contribution in [0.5, 0.6) is 0 Å². The number of hydrogen-bond acceptors (Lipinski definition) is 3. The van der Waals surface area contributed by atoms with Gasteiger partial charge in [0.1, 0.15) is 11.3 Å². The van der Waals surface area contributed by atoms with Crippen LogP contribution in [0.3, 0.4) is 0 Å². The minimum absolute atomic E-state index is 0.280. The first-order valence-electron chi connectivity index (χ1n) is 4.21. The van der Waals surface area contributed by atoms with Gasteiger partial charge in [0, 0.05) is 5.56 Å². The van der Waals surface area contributed by atoms with Crippen molar-refractivity contribution in [1.82, 2.24) is 14.8 Å². The van der Waals surface area contributed by atoms with E-state index in [1.54, 1.807) is 24.3 Å². The van der Waals surface area contributed by atoms with E-state index in [0.717, 1.165) is 5.56 Å². The monoisotopic (exact) mass is 220 g/mol. The number of nitrogens with zero attached hydrogens (tertiary/aromatic N) is 2. The molecular weight excluding hydrogens is 212 g/mol. The molecule has 2 aromatic rings. The molecule has 0 spiro atoms. The van der Waals surface area contributed by atoms with Crippen molar-refractivity contribution < 1.29 is 0 Å². The summed E-state index contributed by atoms with van der Waals surface area (Å²) in [6.45, 7) is 0. The predicted molar refractivity (Wildman–Crippen MR) is 60.1 cm³/mol. The average molecular weight is 220 g/mol. The van der Waals surface area contributed by atoms with Gasteiger partial charge in [-0.2, -0.15) is 5.10 Å². The van der Waals surface area contributed by atoms with Crippen molar-refractivity contribution in [2.24, 2.45) is 5.73 Å². The molecule has 0 saturated heterocycles. The van der Waals surface area contributed by atoms with Gasteiger partial charge in [-0.25, -0.2) is 14.5 Å². The van der Waals surface area contributed by atoms with Gasteiger partial charge in [-0.15, -0.1) is 0 Å². The lowest BCUT2D eigenvalue weighted by Crippen LogP contribution is -2.14. The van der Waals surface area contributed by atoms with E-state index in [1.807, 2.05) is 0 Å². The van der Waals surface area contributed by atoms with Crippen LogP contribution in [0.2, 0.25) is 0 Å². The minimum atomic E-state index is -0.280. The van der Waals surface area contributed by atoms with Crippen molar-refractivity contribution in [3.05, 3.63) is 46.6 Å².